The highest BCUT2D eigenvalue weighted by atomic mass is 19.4. The number of benzene rings is 2. The first kappa shape index (κ1) is 18.5. The van der Waals surface area contributed by atoms with Crippen LogP contribution < -0.4 is 5.32 Å². The second kappa shape index (κ2) is 7.30. The van der Waals surface area contributed by atoms with E-state index in [9.17, 15) is 18.0 Å². The zero-order valence-electron chi connectivity index (χ0n) is 15.1. The molecule has 4 nitrogen and oxygen atoms in total. The molecule has 7 heteroatoms. The van der Waals surface area contributed by atoms with Crippen LogP contribution >= 0.6 is 0 Å². The van der Waals surface area contributed by atoms with Crippen molar-refractivity contribution >= 4 is 16.9 Å². The summed E-state index contributed by atoms with van der Waals surface area (Å²) in [4.78, 5) is 18.7. The van der Waals surface area contributed by atoms with E-state index < -0.39 is 18.0 Å². The summed E-state index contributed by atoms with van der Waals surface area (Å²) in [7, 11) is 0. The molecule has 2 N–H and O–H groups in total. The Hall–Kier alpha value is -2.83. The molecule has 0 spiro atoms. The maximum absolute atomic E-state index is 12.9. The second-order valence-corrected chi connectivity index (χ2v) is 7.19. The molecule has 1 fully saturated rings. The molecule has 1 aliphatic rings. The van der Waals surface area contributed by atoms with Crippen LogP contribution in [0.5, 0.6) is 0 Å². The highest BCUT2D eigenvalue weighted by molar-refractivity contribution is 5.81. The van der Waals surface area contributed by atoms with Gasteiger partial charge in [0.2, 0.25) is 11.7 Å². The number of imidazole rings is 1. The van der Waals surface area contributed by atoms with Crippen LogP contribution in [0.4, 0.5) is 13.2 Å². The van der Waals surface area contributed by atoms with Crippen LogP contribution in [0.3, 0.4) is 0 Å². The third-order valence-electron chi connectivity index (χ3n) is 5.25. The van der Waals surface area contributed by atoms with Crippen molar-refractivity contribution in [2.75, 3.05) is 0 Å². The Morgan fingerprint density at radius 3 is 2.46 bits per heavy atom. The Balaban J connectivity index is 1.70. The van der Waals surface area contributed by atoms with Gasteiger partial charge in [0.05, 0.1) is 17.1 Å². The molecule has 0 bridgehead atoms. The number of H-pyrrole nitrogens is 1. The van der Waals surface area contributed by atoms with E-state index in [1.165, 1.54) is 0 Å². The molecule has 3 aromatic rings. The smallest absolute Gasteiger partial charge is 0.345 e. The predicted octanol–water partition coefficient (Wildman–Crippen LogP) is 4.98. The van der Waals surface area contributed by atoms with E-state index in [0.717, 1.165) is 31.2 Å². The van der Waals surface area contributed by atoms with Gasteiger partial charge in [-0.05, 0) is 36.1 Å². The molecular formula is C21H20F3N3O. The Morgan fingerprint density at radius 2 is 1.79 bits per heavy atom. The van der Waals surface area contributed by atoms with Crippen molar-refractivity contribution in [1.82, 2.24) is 15.3 Å². The molecule has 0 aliphatic heterocycles. The average molecular weight is 387 g/mol. The van der Waals surface area contributed by atoms with Gasteiger partial charge in [-0.25, -0.2) is 4.98 Å². The molecule has 2 aromatic carbocycles. The average Bonchev–Trinajstić information content (AvgIpc) is 3.35. The zero-order chi connectivity index (χ0) is 19.7. The summed E-state index contributed by atoms with van der Waals surface area (Å²) in [5.41, 5.74) is 2.12. The summed E-state index contributed by atoms with van der Waals surface area (Å²) in [6, 6.07) is 13.9. The molecule has 0 saturated heterocycles. The van der Waals surface area contributed by atoms with Gasteiger partial charge in [0.25, 0.3) is 0 Å². The minimum Gasteiger partial charge on any atom is -0.345 e. The van der Waals surface area contributed by atoms with Crippen molar-refractivity contribution in [3.05, 3.63) is 65.5 Å². The minimum atomic E-state index is -4.53. The molecule has 28 heavy (non-hydrogen) atoms. The lowest BCUT2D eigenvalue weighted by molar-refractivity contribution is -0.144. The first-order valence-corrected chi connectivity index (χ1v) is 9.34. The van der Waals surface area contributed by atoms with Gasteiger partial charge in [0.1, 0.15) is 0 Å². The number of aromatic amines is 1. The van der Waals surface area contributed by atoms with Gasteiger partial charge in [-0.1, -0.05) is 49.2 Å². The van der Waals surface area contributed by atoms with E-state index in [-0.39, 0.29) is 17.3 Å². The molecule has 146 valence electrons. The van der Waals surface area contributed by atoms with E-state index in [2.05, 4.69) is 15.3 Å². The lowest BCUT2D eigenvalue weighted by Gasteiger charge is -2.22. The SMILES string of the molecule is O=C(N[C@H](c1ccccc1)c1ccc2nc(C(F)(F)F)[nH]c2c1)C1CCCC1. The maximum atomic E-state index is 12.9. The van der Waals surface area contributed by atoms with Gasteiger partial charge < -0.3 is 10.3 Å². The van der Waals surface area contributed by atoms with Crippen LogP contribution in [0.1, 0.15) is 48.7 Å². The van der Waals surface area contributed by atoms with E-state index in [0.29, 0.717) is 11.1 Å². The number of hydrogen-bond donors (Lipinski definition) is 2. The lowest BCUT2D eigenvalue weighted by Crippen LogP contribution is -2.33. The molecule has 4 rings (SSSR count). The Morgan fingerprint density at radius 1 is 1.07 bits per heavy atom. The van der Waals surface area contributed by atoms with Crippen LogP contribution in [-0.4, -0.2) is 15.9 Å². The van der Waals surface area contributed by atoms with Crippen molar-refractivity contribution in [3.8, 4) is 0 Å². The summed E-state index contributed by atoms with van der Waals surface area (Å²) in [5, 5.41) is 3.10. The van der Waals surface area contributed by atoms with Crippen LogP contribution in [0.15, 0.2) is 48.5 Å². The van der Waals surface area contributed by atoms with Gasteiger partial charge >= 0.3 is 6.18 Å². The highest BCUT2D eigenvalue weighted by Gasteiger charge is 2.35. The molecule has 1 aliphatic carbocycles. The minimum absolute atomic E-state index is 0.000991. The van der Waals surface area contributed by atoms with Crippen LogP contribution in [-0.2, 0) is 11.0 Å². The summed E-state index contributed by atoms with van der Waals surface area (Å²) in [5.74, 6) is -1.03. The summed E-state index contributed by atoms with van der Waals surface area (Å²) >= 11 is 0. The molecule has 1 aromatic heterocycles. The third kappa shape index (κ3) is 3.74. The topological polar surface area (TPSA) is 57.8 Å². The van der Waals surface area contributed by atoms with Gasteiger partial charge in [-0.2, -0.15) is 13.2 Å². The van der Waals surface area contributed by atoms with Gasteiger partial charge in [0.15, 0.2) is 0 Å². The first-order valence-electron chi connectivity index (χ1n) is 9.34. The largest absolute Gasteiger partial charge is 0.449 e. The fourth-order valence-electron chi connectivity index (χ4n) is 3.79. The molecule has 0 unspecified atom stereocenters. The maximum Gasteiger partial charge on any atom is 0.449 e. The number of aromatic nitrogens is 2. The fourth-order valence-corrected chi connectivity index (χ4v) is 3.79. The zero-order valence-corrected chi connectivity index (χ0v) is 15.1. The predicted molar refractivity (Wildman–Crippen MR) is 99.5 cm³/mol. The summed E-state index contributed by atoms with van der Waals surface area (Å²) < 4.78 is 38.8. The molecule has 1 atom stereocenters. The number of fused-ring (bicyclic) bond motifs is 1. The normalized spacial score (nSPS) is 16.4. The van der Waals surface area contributed by atoms with Gasteiger partial charge in [0, 0.05) is 5.92 Å². The number of carbonyl (C=O) groups excluding carboxylic acids is 1. The van der Waals surface area contributed by atoms with Crippen molar-refractivity contribution in [1.29, 1.82) is 0 Å². The van der Waals surface area contributed by atoms with Crippen LogP contribution in [0.2, 0.25) is 0 Å². The van der Waals surface area contributed by atoms with Crippen LogP contribution in [0, 0.1) is 5.92 Å². The van der Waals surface area contributed by atoms with Crippen molar-refractivity contribution in [2.24, 2.45) is 5.92 Å². The Bertz CT molecular complexity index is 975. The van der Waals surface area contributed by atoms with Gasteiger partial charge in [-0.15, -0.1) is 0 Å². The first-order chi connectivity index (χ1) is 13.4. The third-order valence-corrected chi connectivity index (χ3v) is 5.25. The lowest BCUT2D eigenvalue weighted by atomic mass is 9.97. The fraction of sp³-hybridized carbons (Fsp3) is 0.333. The van der Waals surface area contributed by atoms with E-state index in [4.69, 9.17) is 0 Å². The molecule has 1 saturated carbocycles. The highest BCUT2D eigenvalue weighted by Crippen LogP contribution is 2.31. The molecule has 1 heterocycles. The van der Waals surface area contributed by atoms with E-state index in [1.54, 1.807) is 18.2 Å². The quantitative estimate of drug-likeness (QED) is 0.664. The Labute approximate surface area is 160 Å². The van der Waals surface area contributed by atoms with Crippen LogP contribution in [0.25, 0.3) is 11.0 Å². The second-order valence-electron chi connectivity index (χ2n) is 7.19. The van der Waals surface area contributed by atoms with Crippen molar-refractivity contribution in [3.63, 3.8) is 0 Å². The number of nitrogens with zero attached hydrogens (tertiary/aromatic N) is 1. The molecule has 1 amide bonds. The van der Waals surface area contributed by atoms with Crippen molar-refractivity contribution < 1.29 is 18.0 Å². The van der Waals surface area contributed by atoms with Crippen molar-refractivity contribution in [2.45, 2.75) is 37.9 Å². The van der Waals surface area contributed by atoms with Gasteiger partial charge in [-0.3, -0.25) is 4.79 Å². The molecule has 0 radical (unpaired) electrons. The Kier molecular flexibility index (Phi) is 4.83. The monoisotopic (exact) mass is 387 g/mol. The number of rotatable bonds is 4. The standard InChI is InChI=1S/C21H20F3N3O/c22-21(23,24)20-25-16-11-10-15(12-17(16)26-20)18(13-6-2-1-3-7-13)27-19(28)14-8-4-5-9-14/h1-3,6-7,10-12,14,18H,4-5,8-9H2,(H,25,26)(H,27,28)/t18-/m1/s1. The van der Waals surface area contributed by atoms with E-state index >= 15 is 0 Å². The van der Waals surface area contributed by atoms with E-state index in [1.807, 2.05) is 30.3 Å². The number of nitrogens with one attached hydrogen (secondary N) is 2. The number of hydrogen-bond acceptors (Lipinski definition) is 2. The summed E-state index contributed by atoms with van der Waals surface area (Å²) in [6.07, 6.45) is -0.679. The molecular weight excluding hydrogens is 367 g/mol. The summed E-state index contributed by atoms with van der Waals surface area (Å²) in [6.45, 7) is 0. The number of amides is 1. The number of carbonyl (C=O) groups is 1. The number of alkyl halides is 3. The number of halogens is 3.